The number of benzene rings is 2. The topological polar surface area (TPSA) is 81.2 Å². The highest BCUT2D eigenvalue weighted by Gasteiger charge is 2.21. The summed E-state index contributed by atoms with van der Waals surface area (Å²) < 4.78 is 0.947. The van der Waals surface area contributed by atoms with E-state index in [4.69, 9.17) is 0 Å². The lowest BCUT2D eigenvalue weighted by Gasteiger charge is -2.01. The molecule has 4 aromatic rings. The van der Waals surface area contributed by atoms with Crippen molar-refractivity contribution in [2.45, 2.75) is 6.92 Å². The summed E-state index contributed by atoms with van der Waals surface area (Å²) in [6.45, 7) is 1.97. The number of rotatable bonds is 2. The summed E-state index contributed by atoms with van der Waals surface area (Å²) in [5, 5.41) is 15.1. The second-order valence-electron chi connectivity index (χ2n) is 5.48. The molecule has 0 aliphatic rings. The van der Waals surface area contributed by atoms with Gasteiger partial charge in [-0.05, 0) is 35.9 Å². The molecule has 0 amide bonds. The van der Waals surface area contributed by atoms with Crippen LogP contribution >= 0.6 is 15.9 Å². The first-order chi connectivity index (χ1) is 11.1. The quantitative estimate of drug-likeness (QED) is 0.408. The Bertz CT molecular complexity index is 1080. The Morgan fingerprint density at radius 3 is 2.65 bits per heavy atom. The standard InChI is InChI=1S/C17H12BrN3O2/c1-8-6-10-13(7-11(8)18)20-17(22)14(10)16-15(21-23)9-4-2-3-5-12(9)19-16/h2-7,19-20,22H,1H3. The van der Waals surface area contributed by atoms with Crippen molar-refractivity contribution >= 4 is 43.4 Å². The summed E-state index contributed by atoms with van der Waals surface area (Å²) in [6, 6.07) is 11.3. The number of halogens is 1. The lowest BCUT2D eigenvalue weighted by molar-refractivity contribution is 0.460. The molecule has 0 unspecified atom stereocenters. The van der Waals surface area contributed by atoms with Crippen LogP contribution in [0.2, 0.25) is 0 Å². The molecule has 2 aromatic heterocycles. The molecule has 0 saturated carbocycles. The molecule has 3 N–H and O–H groups in total. The van der Waals surface area contributed by atoms with Crippen LogP contribution < -0.4 is 0 Å². The predicted octanol–water partition coefficient (Wildman–Crippen LogP) is 5.49. The van der Waals surface area contributed by atoms with E-state index in [2.05, 4.69) is 31.1 Å². The third kappa shape index (κ3) is 1.98. The molecule has 0 fully saturated rings. The molecule has 0 spiro atoms. The lowest BCUT2D eigenvalue weighted by atomic mass is 10.1. The van der Waals surface area contributed by atoms with Crippen molar-refractivity contribution in [2.24, 2.45) is 5.18 Å². The minimum atomic E-state index is 0.00829. The number of nitrogens with one attached hydrogen (secondary N) is 2. The number of nitrogens with zero attached hydrogens (tertiary/aromatic N) is 1. The normalized spacial score (nSPS) is 11.4. The maximum absolute atomic E-state index is 11.4. The number of para-hydroxylation sites is 1. The van der Waals surface area contributed by atoms with E-state index < -0.39 is 0 Å². The van der Waals surface area contributed by atoms with Crippen LogP contribution in [0.15, 0.2) is 46.0 Å². The van der Waals surface area contributed by atoms with Crippen LogP contribution in [-0.4, -0.2) is 15.1 Å². The zero-order valence-corrected chi connectivity index (χ0v) is 13.7. The van der Waals surface area contributed by atoms with Crippen LogP contribution in [0, 0.1) is 11.8 Å². The van der Waals surface area contributed by atoms with E-state index in [1.807, 2.05) is 43.3 Å². The Labute approximate surface area is 139 Å². The van der Waals surface area contributed by atoms with Crippen molar-refractivity contribution < 1.29 is 5.11 Å². The molecule has 114 valence electrons. The Morgan fingerprint density at radius 2 is 1.87 bits per heavy atom. The zero-order valence-electron chi connectivity index (χ0n) is 12.1. The molecule has 0 bridgehead atoms. The van der Waals surface area contributed by atoms with Crippen LogP contribution in [0.4, 0.5) is 5.69 Å². The number of fused-ring (bicyclic) bond motifs is 2. The molecular formula is C17H12BrN3O2. The average Bonchev–Trinajstić information content (AvgIpc) is 3.04. The van der Waals surface area contributed by atoms with E-state index in [1.165, 1.54) is 0 Å². The number of nitroso groups, excluding NO2 is 1. The maximum Gasteiger partial charge on any atom is 0.199 e. The van der Waals surface area contributed by atoms with Gasteiger partial charge in [0.1, 0.15) is 5.69 Å². The van der Waals surface area contributed by atoms with Crippen molar-refractivity contribution in [3.05, 3.63) is 51.3 Å². The van der Waals surface area contributed by atoms with Crippen molar-refractivity contribution in [1.82, 2.24) is 9.97 Å². The van der Waals surface area contributed by atoms with Gasteiger partial charge in [0, 0.05) is 20.8 Å². The molecule has 0 saturated heterocycles. The summed E-state index contributed by atoms with van der Waals surface area (Å²) in [6.07, 6.45) is 0. The molecule has 0 aliphatic heterocycles. The number of aromatic amines is 2. The van der Waals surface area contributed by atoms with Crippen LogP contribution in [0.5, 0.6) is 5.88 Å². The number of aromatic nitrogens is 2. The summed E-state index contributed by atoms with van der Waals surface area (Å²) >= 11 is 3.48. The third-order valence-electron chi connectivity index (χ3n) is 4.08. The van der Waals surface area contributed by atoms with Gasteiger partial charge in [-0.1, -0.05) is 34.1 Å². The SMILES string of the molecule is Cc1cc2c(-c3[nH]c4ccccc4c3N=O)c(O)[nH]c2cc1Br. The lowest BCUT2D eigenvalue weighted by Crippen LogP contribution is -1.79. The first-order valence-electron chi connectivity index (χ1n) is 7.05. The van der Waals surface area contributed by atoms with Crippen LogP contribution in [0.3, 0.4) is 0 Å². The zero-order chi connectivity index (χ0) is 16.1. The molecule has 0 aliphatic carbocycles. The Kier molecular flexibility index (Phi) is 3.02. The summed E-state index contributed by atoms with van der Waals surface area (Å²) in [5.41, 5.74) is 4.00. The van der Waals surface area contributed by atoms with Gasteiger partial charge in [0.25, 0.3) is 0 Å². The third-order valence-corrected chi connectivity index (χ3v) is 4.93. The van der Waals surface area contributed by atoms with Crippen LogP contribution in [0.1, 0.15) is 5.56 Å². The van der Waals surface area contributed by atoms with Crippen molar-refractivity contribution in [2.75, 3.05) is 0 Å². The van der Waals surface area contributed by atoms with Crippen molar-refractivity contribution in [3.8, 4) is 17.1 Å². The van der Waals surface area contributed by atoms with Crippen LogP contribution in [0.25, 0.3) is 33.1 Å². The van der Waals surface area contributed by atoms with Gasteiger partial charge in [-0.15, -0.1) is 4.91 Å². The van der Waals surface area contributed by atoms with E-state index in [9.17, 15) is 10.0 Å². The molecule has 0 atom stereocenters. The number of hydrogen-bond acceptors (Lipinski definition) is 3. The first-order valence-corrected chi connectivity index (χ1v) is 7.84. The number of H-pyrrole nitrogens is 2. The van der Waals surface area contributed by atoms with E-state index in [0.717, 1.165) is 31.8 Å². The van der Waals surface area contributed by atoms with E-state index in [0.29, 0.717) is 16.9 Å². The summed E-state index contributed by atoms with van der Waals surface area (Å²) in [4.78, 5) is 17.5. The molecule has 0 radical (unpaired) electrons. The molecular weight excluding hydrogens is 358 g/mol. The molecule has 5 nitrogen and oxygen atoms in total. The maximum atomic E-state index is 11.4. The summed E-state index contributed by atoms with van der Waals surface area (Å²) in [7, 11) is 0. The predicted molar refractivity (Wildman–Crippen MR) is 95.1 cm³/mol. The Morgan fingerprint density at radius 1 is 1.09 bits per heavy atom. The fourth-order valence-corrected chi connectivity index (χ4v) is 3.31. The van der Waals surface area contributed by atoms with Crippen LogP contribution in [-0.2, 0) is 0 Å². The van der Waals surface area contributed by atoms with E-state index in [-0.39, 0.29) is 5.88 Å². The fraction of sp³-hybridized carbons (Fsp3) is 0.0588. The highest BCUT2D eigenvalue weighted by atomic mass is 79.9. The number of aromatic hydroxyl groups is 1. The highest BCUT2D eigenvalue weighted by molar-refractivity contribution is 9.10. The fourth-order valence-electron chi connectivity index (χ4n) is 2.97. The molecule has 23 heavy (non-hydrogen) atoms. The highest BCUT2D eigenvalue weighted by Crippen LogP contribution is 2.44. The van der Waals surface area contributed by atoms with Gasteiger partial charge in [-0.3, -0.25) is 0 Å². The second-order valence-corrected chi connectivity index (χ2v) is 6.34. The summed E-state index contributed by atoms with van der Waals surface area (Å²) in [5.74, 6) is 0.00829. The largest absolute Gasteiger partial charge is 0.494 e. The van der Waals surface area contributed by atoms with Gasteiger partial charge in [-0.25, -0.2) is 0 Å². The van der Waals surface area contributed by atoms with Crippen molar-refractivity contribution in [3.63, 3.8) is 0 Å². The average molecular weight is 370 g/mol. The van der Waals surface area contributed by atoms with Crippen molar-refractivity contribution in [1.29, 1.82) is 0 Å². The van der Waals surface area contributed by atoms with E-state index in [1.54, 1.807) is 0 Å². The van der Waals surface area contributed by atoms with Gasteiger partial charge < -0.3 is 15.1 Å². The number of hydrogen-bond donors (Lipinski definition) is 3. The van der Waals surface area contributed by atoms with Gasteiger partial charge in [0.15, 0.2) is 5.88 Å². The Hall–Kier alpha value is -2.60. The molecule has 2 heterocycles. The van der Waals surface area contributed by atoms with Gasteiger partial charge in [0.2, 0.25) is 0 Å². The Balaban J connectivity index is 2.12. The second kappa shape index (κ2) is 4.96. The molecule has 4 rings (SSSR count). The minimum absolute atomic E-state index is 0.00829. The minimum Gasteiger partial charge on any atom is -0.494 e. The molecule has 6 heteroatoms. The smallest absolute Gasteiger partial charge is 0.199 e. The van der Waals surface area contributed by atoms with Gasteiger partial charge in [0.05, 0.1) is 16.8 Å². The molecule has 2 aromatic carbocycles. The first kappa shape index (κ1) is 14.0. The number of aryl methyl sites for hydroxylation is 1. The van der Waals surface area contributed by atoms with Gasteiger partial charge >= 0.3 is 0 Å². The van der Waals surface area contributed by atoms with Gasteiger partial charge in [-0.2, -0.15) is 0 Å². The monoisotopic (exact) mass is 369 g/mol. The van der Waals surface area contributed by atoms with E-state index >= 15 is 0 Å².